The minimum Gasteiger partial charge on any atom is -0.399 e. The summed E-state index contributed by atoms with van der Waals surface area (Å²) in [5.41, 5.74) is 7.50. The van der Waals surface area contributed by atoms with Gasteiger partial charge in [0.05, 0.1) is 18.2 Å². The molecule has 5 nitrogen and oxygen atoms in total. The Bertz CT molecular complexity index is 616. The second kappa shape index (κ2) is 6.28. The number of anilines is 2. The molecule has 1 aliphatic rings. The monoisotopic (exact) mass is 286 g/mol. The number of benzene rings is 1. The summed E-state index contributed by atoms with van der Waals surface area (Å²) < 4.78 is 5.79. The van der Waals surface area contributed by atoms with Crippen LogP contribution in [0.2, 0.25) is 0 Å². The van der Waals surface area contributed by atoms with Crippen molar-refractivity contribution >= 4 is 22.4 Å². The first-order chi connectivity index (χ1) is 10.2. The number of aromatic nitrogens is 1. The van der Waals surface area contributed by atoms with Crippen LogP contribution in [0.25, 0.3) is 10.9 Å². The van der Waals surface area contributed by atoms with Crippen molar-refractivity contribution in [3.8, 4) is 0 Å². The largest absolute Gasteiger partial charge is 0.399 e. The van der Waals surface area contributed by atoms with E-state index in [1.54, 1.807) is 0 Å². The normalized spacial score (nSPS) is 19.8. The fourth-order valence-electron chi connectivity index (χ4n) is 2.65. The van der Waals surface area contributed by atoms with Gasteiger partial charge >= 0.3 is 0 Å². The van der Waals surface area contributed by atoms with Gasteiger partial charge in [0.2, 0.25) is 0 Å². The van der Waals surface area contributed by atoms with Crippen molar-refractivity contribution in [2.45, 2.75) is 13.0 Å². The third kappa shape index (κ3) is 3.43. The van der Waals surface area contributed by atoms with Crippen LogP contribution in [0.5, 0.6) is 0 Å². The molecule has 5 heteroatoms. The van der Waals surface area contributed by atoms with Crippen molar-refractivity contribution in [2.24, 2.45) is 0 Å². The first-order valence-corrected chi connectivity index (χ1v) is 7.48. The molecule has 21 heavy (non-hydrogen) atoms. The summed E-state index contributed by atoms with van der Waals surface area (Å²) in [7, 11) is 0. The molecule has 0 amide bonds. The Morgan fingerprint density at radius 3 is 3.14 bits per heavy atom. The Balaban J connectivity index is 1.63. The minimum atomic E-state index is 0.225. The number of nitrogens with one attached hydrogen (secondary N) is 1. The summed E-state index contributed by atoms with van der Waals surface area (Å²) in [4.78, 5) is 7.01. The fraction of sp³-hybridized carbons (Fsp3) is 0.438. The number of morpholine rings is 1. The smallest absolute Gasteiger partial charge is 0.126 e. The lowest BCUT2D eigenvalue weighted by Gasteiger charge is -2.32. The van der Waals surface area contributed by atoms with Gasteiger partial charge in [-0.3, -0.25) is 4.90 Å². The average Bonchev–Trinajstić information content (AvgIpc) is 2.53. The number of pyridine rings is 1. The number of hydrogen-bond acceptors (Lipinski definition) is 5. The van der Waals surface area contributed by atoms with Crippen LogP contribution in [-0.2, 0) is 4.74 Å². The highest BCUT2D eigenvalue weighted by molar-refractivity contribution is 5.83. The average molecular weight is 286 g/mol. The molecule has 1 aliphatic heterocycles. The van der Waals surface area contributed by atoms with Gasteiger partial charge in [0, 0.05) is 30.7 Å². The number of rotatable bonds is 4. The molecule has 1 fully saturated rings. The standard InChI is InChI=1S/C16H22N4O/c1-2-20-7-8-21-14(11-20)10-18-16-6-3-12-9-13(17)4-5-15(12)19-16/h3-6,9,14H,2,7-8,10-11,17H2,1H3,(H,18,19). The number of fused-ring (bicyclic) bond motifs is 1. The fourth-order valence-corrected chi connectivity index (χ4v) is 2.65. The van der Waals surface area contributed by atoms with E-state index < -0.39 is 0 Å². The van der Waals surface area contributed by atoms with E-state index in [0.717, 1.165) is 55.2 Å². The van der Waals surface area contributed by atoms with Gasteiger partial charge in [-0.05, 0) is 36.9 Å². The van der Waals surface area contributed by atoms with Crippen molar-refractivity contribution in [2.75, 3.05) is 43.8 Å². The molecular formula is C16H22N4O. The van der Waals surface area contributed by atoms with Gasteiger partial charge in [0.15, 0.2) is 0 Å². The van der Waals surface area contributed by atoms with E-state index in [1.165, 1.54) is 0 Å². The van der Waals surface area contributed by atoms with Gasteiger partial charge in [-0.1, -0.05) is 6.92 Å². The van der Waals surface area contributed by atoms with Crippen molar-refractivity contribution in [3.05, 3.63) is 30.3 Å². The number of nitrogens with two attached hydrogens (primary N) is 1. The number of nitrogen functional groups attached to an aromatic ring is 1. The van der Waals surface area contributed by atoms with Crippen LogP contribution in [0.4, 0.5) is 11.5 Å². The topological polar surface area (TPSA) is 63.4 Å². The molecule has 1 unspecified atom stereocenters. The molecule has 1 aromatic heterocycles. The number of likely N-dealkylation sites (N-methyl/N-ethyl adjacent to an activating group) is 1. The van der Waals surface area contributed by atoms with Crippen LogP contribution in [0, 0.1) is 0 Å². The maximum Gasteiger partial charge on any atom is 0.126 e. The van der Waals surface area contributed by atoms with E-state index in [9.17, 15) is 0 Å². The second-order valence-electron chi connectivity index (χ2n) is 5.42. The maximum atomic E-state index is 5.79. The van der Waals surface area contributed by atoms with Gasteiger partial charge in [0.1, 0.15) is 5.82 Å². The third-order valence-electron chi connectivity index (χ3n) is 3.89. The lowest BCUT2D eigenvalue weighted by Crippen LogP contribution is -2.45. The molecule has 0 bridgehead atoms. The summed E-state index contributed by atoms with van der Waals surface area (Å²) in [5.74, 6) is 0.879. The van der Waals surface area contributed by atoms with E-state index in [2.05, 4.69) is 22.1 Å². The van der Waals surface area contributed by atoms with Crippen LogP contribution < -0.4 is 11.1 Å². The summed E-state index contributed by atoms with van der Waals surface area (Å²) in [5, 5.41) is 4.43. The summed E-state index contributed by atoms with van der Waals surface area (Å²) in [6, 6.07) is 9.80. The summed E-state index contributed by atoms with van der Waals surface area (Å²) >= 11 is 0. The SMILES string of the molecule is CCN1CCOC(CNc2ccc3cc(N)ccc3n2)C1. The molecule has 0 saturated carbocycles. The van der Waals surface area contributed by atoms with Crippen molar-refractivity contribution < 1.29 is 4.74 Å². The first kappa shape index (κ1) is 14.1. The van der Waals surface area contributed by atoms with Crippen LogP contribution in [0.1, 0.15) is 6.92 Å². The third-order valence-corrected chi connectivity index (χ3v) is 3.89. The highest BCUT2D eigenvalue weighted by Crippen LogP contribution is 2.18. The van der Waals surface area contributed by atoms with E-state index in [4.69, 9.17) is 10.5 Å². The van der Waals surface area contributed by atoms with Gasteiger partial charge in [-0.25, -0.2) is 4.98 Å². The predicted molar refractivity (Wildman–Crippen MR) is 86.5 cm³/mol. The van der Waals surface area contributed by atoms with Crippen LogP contribution in [0.15, 0.2) is 30.3 Å². The summed E-state index contributed by atoms with van der Waals surface area (Å²) in [6.45, 7) is 6.87. The van der Waals surface area contributed by atoms with E-state index in [-0.39, 0.29) is 6.10 Å². The zero-order valence-corrected chi connectivity index (χ0v) is 12.4. The van der Waals surface area contributed by atoms with Crippen LogP contribution in [-0.4, -0.2) is 48.8 Å². The molecule has 3 N–H and O–H groups in total. The molecule has 2 heterocycles. The van der Waals surface area contributed by atoms with Gasteiger partial charge in [-0.15, -0.1) is 0 Å². The number of hydrogen-bond donors (Lipinski definition) is 2. The quantitative estimate of drug-likeness (QED) is 0.841. The van der Waals surface area contributed by atoms with Gasteiger partial charge in [0.25, 0.3) is 0 Å². The maximum absolute atomic E-state index is 5.79. The highest BCUT2D eigenvalue weighted by atomic mass is 16.5. The van der Waals surface area contributed by atoms with Gasteiger partial charge in [-0.2, -0.15) is 0 Å². The van der Waals surface area contributed by atoms with Crippen molar-refractivity contribution in [1.82, 2.24) is 9.88 Å². The second-order valence-corrected chi connectivity index (χ2v) is 5.42. The molecular weight excluding hydrogens is 264 g/mol. The molecule has 112 valence electrons. The Kier molecular flexibility index (Phi) is 4.22. The predicted octanol–water partition coefficient (Wildman–Crippen LogP) is 1.95. The molecule has 0 spiro atoms. The lowest BCUT2D eigenvalue weighted by atomic mass is 10.2. The zero-order chi connectivity index (χ0) is 14.7. The molecule has 0 aliphatic carbocycles. The van der Waals surface area contributed by atoms with E-state index in [0.29, 0.717) is 0 Å². The number of ether oxygens (including phenoxy) is 1. The lowest BCUT2D eigenvalue weighted by molar-refractivity contribution is -0.0192. The first-order valence-electron chi connectivity index (χ1n) is 7.48. The van der Waals surface area contributed by atoms with E-state index >= 15 is 0 Å². The zero-order valence-electron chi connectivity index (χ0n) is 12.4. The molecule has 1 aromatic carbocycles. The van der Waals surface area contributed by atoms with Crippen LogP contribution >= 0.6 is 0 Å². The van der Waals surface area contributed by atoms with Crippen molar-refractivity contribution in [1.29, 1.82) is 0 Å². The Labute approximate surface area is 125 Å². The molecule has 1 atom stereocenters. The molecule has 3 rings (SSSR count). The Morgan fingerprint density at radius 1 is 1.38 bits per heavy atom. The number of nitrogens with zero attached hydrogens (tertiary/aromatic N) is 2. The summed E-state index contributed by atoms with van der Waals surface area (Å²) in [6.07, 6.45) is 0.225. The van der Waals surface area contributed by atoms with Crippen molar-refractivity contribution in [3.63, 3.8) is 0 Å². The molecule has 2 aromatic rings. The highest BCUT2D eigenvalue weighted by Gasteiger charge is 2.18. The minimum absolute atomic E-state index is 0.225. The Morgan fingerprint density at radius 2 is 2.29 bits per heavy atom. The molecule has 1 saturated heterocycles. The van der Waals surface area contributed by atoms with Gasteiger partial charge < -0.3 is 15.8 Å². The molecule has 0 radical (unpaired) electrons. The van der Waals surface area contributed by atoms with Crippen LogP contribution in [0.3, 0.4) is 0 Å². The Hall–Kier alpha value is -1.85. The van der Waals surface area contributed by atoms with E-state index in [1.807, 2.05) is 30.3 Å².